The molecule has 29 heavy (non-hydrogen) atoms. The molecule has 1 aliphatic heterocycles. The maximum atomic E-state index is 10.6. The summed E-state index contributed by atoms with van der Waals surface area (Å²) >= 11 is 0. The maximum Gasteiger partial charge on any atom is 0.161 e. The number of fused-ring (bicyclic) bond motifs is 1. The van der Waals surface area contributed by atoms with Crippen molar-refractivity contribution in [2.45, 2.75) is 26.0 Å². The summed E-state index contributed by atoms with van der Waals surface area (Å²) in [6.07, 6.45) is 0.447. The van der Waals surface area contributed by atoms with Gasteiger partial charge in [0, 0.05) is 36.6 Å². The number of methoxy groups -OCH3 is 1. The van der Waals surface area contributed by atoms with Crippen molar-refractivity contribution in [3.8, 4) is 11.5 Å². The Bertz CT molecular complexity index is 975. The van der Waals surface area contributed by atoms with Crippen LogP contribution in [0.1, 0.15) is 18.2 Å². The number of aromatic nitrogens is 1. The number of aliphatic hydroxyl groups is 1. The summed E-state index contributed by atoms with van der Waals surface area (Å²) in [6.45, 7) is 4.88. The van der Waals surface area contributed by atoms with Gasteiger partial charge in [-0.15, -0.1) is 0 Å². The summed E-state index contributed by atoms with van der Waals surface area (Å²) in [5, 5.41) is 11.8. The van der Waals surface area contributed by atoms with E-state index in [0.29, 0.717) is 13.2 Å². The molecule has 1 N–H and O–H groups in total. The lowest BCUT2D eigenvalue weighted by molar-refractivity contribution is 0.140. The minimum atomic E-state index is -0.340. The second kappa shape index (κ2) is 8.80. The van der Waals surface area contributed by atoms with Gasteiger partial charge in [-0.3, -0.25) is 9.88 Å². The molecule has 0 amide bonds. The van der Waals surface area contributed by atoms with Crippen molar-refractivity contribution in [3.63, 3.8) is 0 Å². The van der Waals surface area contributed by atoms with E-state index in [4.69, 9.17) is 14.5 Å². The number of hydrogen-bond acceptors (Lipinski definition) is 5. The molecule has 0 aliphatic carbocycles. The van der Waals surface area contributed by atoms with Crippen LogP contribution in [0, 0.1) is 5.92 Å². The van der Waals surface area contributed by atoms with E-state index < -0.39 is 0 Å². The molecular weight excluding hydrogens is 364 g/mol. The van der Waals surface area contributed by atoms with Gasteiger partial charge in [-0.1, -0.05) is 30.3 Å². The summed E-state index contributed by atoms with van der Waals surface area (Å²) in [6, 6.07) is 18.4. The molecule has 0 radical (unpaired) electrons. The van der Waals surface area contributed by atoms with E-state index in [0.717, 1.165) is 53.2 Å². The third-order valence-electron chi connectivity index (χ3n) is 5.54. The van der Waals surface area contributed by atoms with Gasteiger partial charge >= 0.3 is 0 Å². The van der Waals surface area contributed by atoms with Gasteiger partial charge < -0.3 is 14.6 Å². The van der Waals surface area contributed by atoms with Gasteiger partial charge in [0.2, 0.25) is 0 Å². The Hall–Kier alpha value is -2.63. The molecule has 5 nitrogen and oxygen atoms in total. The van der Waals surface area contributed by atoms with Crippen LogP contribution in [0.15, 0.2) is 54.6 Å². The first kappa shape index (κ1) is 19.7. The minimum absolute atomic E-state index is 0.188. The fourth-order valence-electron chi connectivity index (χ4n) is 4.11. The number of ether oxygens (including phenoxy) is 2. The number of pyridine rings is 1. The van der Waals surface area contributed by atoms with Crippen LogP contribution in [-0.2, 0) is 13.0 Å². The summed E-state index contributed by atoms with van der Waals surface area (Å²) in [4.78, 5) is 7.07. The molecule has 1 aliphatic rings. The SMILES string of the molecule is CCOc1ccc(CN2C[C@@H](Cc3ccc4ccccc4n3)[C@H](O)C2)cc1OC. The highest BCUT2D eigenvalue weighted by atomic mass is 16.5. The molecule has 3 aromatic rings. The Morgan fingerprint density at radius 3 is 2.76 bits per heavy atom. The molecule has 2 atom stereocenters. The summed E-state index contributed by atoms with van der Waals surface area (Å²) in [5.41, 5.74) is 3.20. The Kier molecular flexibility index (Phi) is 5.97. The van der Waals surface area contributed by atoms with Crippen molar-refractivity contribution in [3.05, 3.63) is 65.9 Å². The van der Waals surface area contributed by atoms with Crippen molar-refractivity contribution in [1.29, 1.82) is 0 Å². The predicted molar refractivity (Wildman–Crippen MR) is 114 cm³/mol. The second-order valence-electron chi connectivity index (χ2n) is 7.64. The van der Waals surface area contributed by atoms with E-state index in [1.807, 2.05) is 37.3 Å². The van der Waals surface area contributed by atoms with Crippen molar-refractivity contribution >= 4 is 10.9 Å². The van der Waals surface area contributed by atoms with Crippen LogP contribution in [0.2, 0.25) is 0 Å². The monoisotopic (exact) mass is 392 g/mol. The highest BCUT2D eigenvalue weighted by Crippen LogP contribution is 2.30. The first-order valence-electron chi connectivity index (χ1n) is 10.2. The van der Waals surface area contributed by atoms with Gasteiger partial charge in [-0.2, -0.15) is 0 Å². The van der Waals surface area contributed by atoms with Crippen LogP contribution in [0.4, 0.5) is 0 Å². The van der Waals surface area contributed by atoms with Crippen molar-refractivity contribution in [2.24, 2.45) is 5.92 Å². The Labute approximate surface area is 171 Å². The predicted octanol–water partition coefficient (Wildman–Crippen LogP) is 3.68. The zero-order chi connectivity index (χ0) is 20.2. The number of β-amino-alcohol motifs (C(OH)–C–C–N with tert-alkyl or cyclic N) is 1. The van der Waals surface area contributed by atoms with E-state index in [-0.39, 0.29) is 12.0 Å². The average Bonchev–Trinajstić information content (AvgIpc) is 3.07. The molecule has 1 saturated heterocycles. The van der Waals surface area contributed by atoms with Gasteiger partial charge in [0.25, 0.3) is 0 Å². The molecule has 5 heteroatoms. The highest BCUT2D eigenvalue weighted by Gasteiger charge is 2.31. The Morgan fingerprint density at radius 2 is 1.93 bits per heavy atom. The normalized spacial score (nSPS) is 19.6. The quantitative estimate of drug-likeness (QED) is 0.665. The number of benzene rings is 2. The first-order chi connectivity index (χ1) is 14.2. The number of para-hydroxylation sites is 1. The number of likely N-dealkylation sites (tertiary alicyclic amines) is 1. The summed E-state index contributed by atoms with van der Waals surface area (Å²) < 4.78 is 11.1. The first-order valence-corrected chi connectivity index (χ1v) is 10.2. The lowest BCUT2D eigenvalue weighted by Crippen LogP contribution is -2.21. The Morgan fingerprint density at radius 1 is 1.07 bits per heavy atom. The van der Waals surface area contributed by atoms with Crippen LogP contribution < -0.4 is 9.47 Å². The third-order valence-corrected chi connectivity index (χ3v) is 5.54. The Balaban J connectivity index is 1.41. The molecule has 2 heterocycles. The number of rotatable bonds is 7. The zero-order valence-corrected chi connectivity index (χ0v) is 17.0. The van der Waals surface area contributed by atoms with Crippen LogP contribution >= 0.6 is 0 Å². The van der Waals surface area contributed by atoms with E-state index >= 15 is 0 Å². The van der Waals surface area contributed by atoms with Gasteiger partial charge in [-0.25, -0.2) is 0 Å². The van der Waals surface area contributed by atoms with E-state index in [2.05, 4.69) is 29.2 Å². The second-order valence-corrected chi connectivity index (χ2v) is 7.64. The summed E-state index contributed by atoms with van der Waals surface area (Å²) in [5.74, 6) is 1.70. The van der Waals surface area contributed by atoms with Crippen molar-refractivity contribution < 1.29 is 14.6 Å². The number of aliphatic hydroxyl groups excluding tert-OH is 1. The standard InChI is InChI=1S/C24H28N2O3/c1-3-29-23-11-8-17(12-24(23)28-2)14-26-15-19(22(27)16-26)13-20-10-9-18-6-4-5-7-21(18)25-20/h4-12,19,22,27H,3,13-16H2,1-2H3/t19-,22-/m1/s1. The fourth-order valence-corrected chi connectivity index (χ4v) is 4.11. The molecule has 2 aromatic carbocycles. The molecule has 0 spiro atoms. The van der Waals surface area contributed by atoms with Crippen LogP contribution in [0.25, 0.3) is 10.9 Å². The topological polar surface area (TPSA) is 54.8 Å². The number of nitrogens with zero attached hydrogens (tertiary/aromatic N) is 2. The molecular formula is C24H28N2O3. The van der Waals surface area contributed by atoms with E-state index in [9.17, 15) is 5.11 Å². The summed E-state index contributed by atoms with van der Waals surface area (Å²) in [7, 11) is 1.66. The van der Waals surface area contributed by atoms with Gasteiger partial charge in [0.1, 0.15) is 0 Å². The fraction of sp³-hybridized carbons (Fsp3) is 0.375. The zero-order valence-electron chi connectivity index (χ0n) is 17.0. The van der Waals surface area contributed by atoms with Crippen LogP contribution in [0.5, 0.6) is 11.5 Å². The van der Waals surface area contributed by atoms with Crippen LogP contribution in [0.3, 0.4) is 0 Å². The number of hydrogen-bond donors (Lipinski definition) is 1. The molecule has 4 rings (SSSR count). The van der Waals surface area contributed by atoms with Gasteiger partial charge in [-0.05, 0) is 43.2 Å². The lowest BCUT2D eigenvalue weighted by Gasteiger charge is -2.17. The molecule has 0 bridgehead atoms. The van der Waals surface area contributed by atoms with Crippen LogP contribution in [-0.4, -0.2) is 47.9 Å². The maximum absolute atomic E-state index is 10.6. The molecule has 1 fully saturated rings. The largest absolute Gasteiger partial charge is 0.493 e. The molecule has 1 aromatic heterocycles. The van der Waals surface area contributed by atoms with Crippen molar-refractivity contribution in [1.82, 2.24) is 9.88 Å². The van der Waals surface area contributed by atoms with Gasteiger partial charge in [0.05, 0.1) is 25.3 Å². The smallest absolute Gasteiger partial charge is 0.161 e. The molecule has 152 valence electrons. The van der Waals surface area contributed by atoms with E-state index in [1.165, 1.54) is 0 Å². The lowest BCUT2D eigenvalue weighted by atomic mass is 9.99. The van der Waals surface area contributed by atoms with Crippen molar-refractivity contribution in [2.75, 3.05) is 26.8 Å². The molecule has 0 unspecified atom stereocenters. The highest BCUT2D eigenvalue weighted by molar-refractivity contribution is 5.78. The minimum Gasteiger partial charge on any atom is -0.493 e. The van der Waals surface area contributed by atoms with E-state index in [1.54, 1.807) is 7.11 Å². The third kappa shape index (κ3) is 4.52. The van der Waals surface area contributed by atoms with Gasteiger partial charge in [0.15, 0.2) is 11.5 Å². The molecule has 0 saturated carbocycles. The average molecular weight is 392 g/mol.